The van der Waals surface area contributed by atoms with Crippen molar-refractivity contribution in [1.29, 1.82) is 0 Å². The molecule has 1 aromatic carbocycles. The third-order valence-electron chi connectivity index (χ3n) is 9.57. The molecule has 0 radical (unpaired) electrons. The number of aliphatic hydroxyl groups is 2. The maximum Gasteiger partial charge on any atom is 0.344 e. The first-order valence-corrected chi connectivity index (χ1v) is 16.4. The lowest BCUT2D eigenvalue weighted by Crippen LogP contribution is -2.78. The molecule has 2 fully saturated rings. The van der Waals surface area contributed by atoms with Crippen LogP contribution in [0.3, 0.4) is 0 Å². The molecule has 3 rings (SSSR count). The summed E-state index contributed by atoms with van der Waals surface area (Å²) in [5, 5.41) is 53.6. The van der Waals surface area contributed by atoms with Gasteiger partial charge in [-0.25, -0.2) is 14.4 Å². The molecule has 14 heteroatoms. The first kappa shape index (κ1) is 39.6. The Kier molecular flexibility index (Phi) is 12.8. The maximum atomic E-state index is 13.1. The molecule has 272 valence electrons. The lowest BCUT2D eigenvalue weighted by atomic mass is 9.74. The van der Waals surface area contributed by atoms with Gasteiger partial charge in [-0.3, -0.25) is 9.59 Å². The van der Waals surface area contributed by atoms with Crippen LogP contribution in [-0.4, -0.2) is 96.8 Å². The summed E-state index contributed by atoms with van der Waals surface area (Å²) in [7, 11) is 0. The van der Waals surface area contributed by atoms with Crippen LogP contribution in [0.4, 0.5) is 0 Å². The summed E-state index contributed by atoms with van der Waals surface area (Å²) in [4.78, 5) is 63.1. The number of aliphatic carboxylic acids is 3. The summed E-state index contributed by atoms with van der Waals surface area (Å²) in [6, 6.07) is 9.35. The van der Waals surface area contributed by atoms with Crippen molar-refractivity contribution in [3.8, 4) is 0 Å². The van der Waals surface area contributed by atoms with Crippen molar-refractivity contribution >= 4 is 29.8 Å². The van der Waals surface area contributed by atoms with E-state index in [9.17, 15) is 49.5 Å². The average Bonchev–Trinajstić information content (AvgIpc) is 3.25. The highest BCUT2D eigenvalue weighted by molar-refractivity contribution is 5.98. The molecule has 0 aliphatic carbocycles. The molecule has 2 saturated heterocycles. The number of aliphatic hydroxyl groups excluding tert-OH is 1. The van der Waals surface area contributed by atoms with Gasteiger partial charge < -0.3 is 44.5 Å². The number of hydrogen-bond acceptors (Lipinski definition) is 11. The second-order valence-corrected chi connectivity index (χ2v) is 13.5. The summed E-state index contributed by atoms with van der Waals surface area (Å²) < 4.78 is 22.2. The second kappa shape index (κ2) is 15.8. The van der Waals surface area contributed by atoms with Crippen LogP contribution in [0, 0.1) is 17.8 Å². The van der Waals surface area contributed by atoms with Crippen LogP contribution in [0.5, 0.6) is 0 Å². The zero-order valence-corrected chi connectivity index (χ0v) is 28.7. The molecule has 0 unspecified atom stereocenters. The smallest absolute Gasteiger partial charge is 0.344 e. The quantitative estimate of drug-likeness (QED) is 0.117. The van der Waals surface area contributed by atoms with E-state index in [1.165, 1.54) is 13.0 Å². The van der Waals surface area contributed by atoms with Crippen molar-refractivity contribution < 1.29 is 68.5 Å². The number of ether oxygens (including phenoxy) is 4. The number of carbonyl (C=O) groups excluding carboxylic acids is 2. The Labute approximate surface area is 285 Å². The number of fused-ring (bicyclic) bond motifs is 2. The lowest BCUT2D eigenvalue weighted by Gasteiger charge is -2.48. The number of rotatable bonds is 17. The minimum Gasteiger partial charge on any atom is -0.479 e. The van der Waals surface area contributed by atoms with Crippen molar-refractivity contribution in [3.05, 3.63) is 47.5 Å². The van der Waals surface area contributed by atoms with Crippen LogP contribution in [0.1, 0.15) is 79.2 Å². The summed E-state index contributed by atoms with van der Waals surface area (Å²) in [5.74, 6) is -10.8. The number of carbonyl (C=O) groups is 5. The molecule has 1 aromatic rings. The predicted molar refractivity (Wildman–Crippen MR) is 171 cm³/mol. The largest absolute Gasteiger partial charge is 0.479 e. The highest BCUT2D eigenvalue weighted by atomic mass is 16.8. The molecule has 14 nitrogen and oxygen atoms in total. The maximum absolute atomic E-state index is 13.1. The van der Waals surface area contributed by atoms with E-state index in [4.69, 9.17) is 18.9 Å². The number of carboxylic acids is 3. The molecule has 0 saturated carbocycles. The van der Waals surface area contributed by atoms with E-state index < -0.39 is 77.7 Å². The second-order valence-electron chi connectivity index (χ2n) is 13.5. The predicted octanol–water partition coefficient (Wildman–Crippen LogP) is 3.11. The van der Waals surface area contributed by atoms with Gasteiger partial charge in [0, 0.05) is 25.7 Å². The Morgan fingerprint density at radius 2 is 1.61 bits per heavy atom. The third-order valence-corrected chi connectivity index (χ3v) is 9.57. The number of esters is 2. The Morgan fingerprint density at radius 1 is 0.980 bits per heavy atom. The van der Waals surface area contributed by atoms with Crippen LogP contribution in [0.15, 0.2) is 42.0 Å². The molecule has 2 heterocycles. The number of hydrogen-bond donors (Lipinski definition) is 5. The Bertz CT molecular complexity index is 1410. The van der Waals surface area contributed by atoms with Crippen molar-refractivity contribution in [2.45, 2.75) is 121 Å². The van der Waals surface area contributed by atoms with Gasteiger partial charge in [0.25, 0.3) is 0 Å². The SMILES string of the molecule is CC[C@H](C)C[C@H](C)CCC(=O)O[C@@H]1[C@@H](O)[C@@]2(C/C=C(\C)[C@@H](OC(C)=O)[C@H](C)Cc3ccccc3)O[C@H](C(=O)O)[C@@](O)(C(=O)O)[C@]1(C(=O)O)O2. The van der Waals surface area contributed by atoms with E-state index in [-0.39, 0.29) is 18.3 Å². The Hall–Kier alpha value is -3.85. The monoisotopic (exact) mass is 692 g/mol. The summed E-state index contributed by atoms with van der Waals surface area (Å²) in [5.41, 5.74) is -6.06. The van der Waals surface area contributed by atoms with Gasteiger partial charge in [-0.15, -0.1) is 0 Å². The minimum atomic E-state index is -3.87. The minimum absolute atomic E-state index is 0.0597. The molecule has 10 atom stereocenters. The fraction of sp³-hybridized carbons (Fsp3) is 0.629. The number of benzene rings is 1. The normalized spacial score (nSPS) is 30.4. The van der Waals surface area contributed by atoms with Gasteiger partial charge in [0.2, 0.25) is 23.1 Å². The fourth-order valence-electron chi connectivity index (χ4n) is 6.78. The van der Waals surface area contributed by atoms with E-state index in [0.717, 1.165) is 18.4 Å². The lowest BCUT2D eigenvalue weighted by molar-refractivity contribution is -0.371. The van der Waals surface area contributed by atoms with Gasteiger partial charge in [0.1, 0.15) is 12.2 Å². The van der Waals surface area contributed by atoms with Crippen LogP contribution >= 0.6 is 0 Å². The van der Waals surface area contributed by atoms with Gasteiger partial charge in [0.15, 0.2) is 6.10 Å². The van der Waals surface area contributed by atoms with Gasteiger partial charge in [0.05, 0.1) is 0 Å². The van der Waals surface area contributed by atoms with E-state index in [2.05, 4.69) is 6.92 Å². The topological polar surface area (TPSA) is 223 Å². The van der Waals surface area contributed by atoms with Crippen LogP contribution in [-0.2, 0) is 49.3 Å². The molecule has 5 N–H and O–H groups in total. The van der Waals surface area contributed by atoms with E-state index in [0.29, 0.717) is 24.3 Å². The molecule has 2 aliphatic heterocycles. The van der Waals surface area contributed by atoms with E-state index in [1.807, 2.05) is 51.1 Å². The first-order chi connectivity index (χ1) is 22.9. The number of carboxylic acid groups (broad SMARTS) is 3. The van der Waals surface area contributed by atoms with Crippen molar-refractivity contribution in [3.63, 3.8) is 0 Å². The highest BCUT2D eigenvalue weighted by Gasteiger charge is 2.85. The summed E-state index contributed by atoms with van der Waals surface area (Å²) in [6.45, 7) is 10.6. The molecule has 0 aromatic heterocycles. The molecule has 2 aliphatic rings. The van der Waals surface area contributed by atoms with E-state index in [1.54, 1.807) is 6.92 Å². The summed E-state index contributed by atoms with van der Waals surface area (Å²) >= 11 is 0. The molecule has 0 spiro atoms. The van der Waals surface area contributed by atoms with Crippen molar-refractivity contribution in [1.82, 2.24) is 0 Å². The van der Waals surface area contributed by atoms with Crippen LogP contribution < -0.4 is 0 Å². The highest BCUT2D eigenvalue weighted by Crippen LogP contribution is 2.55. The molecular weight excluding hydrogens is 644 g/mol. The third kappa shape index (κ3) is 7.98. The van der Waals surface area contributed by atoms with Gasteiger partial charge in [-0.05, 0) is 49.2 Å². The molecule has 0 amide bonds. The molecule has 2 bridgehead atoms. The van der Waals surface area contributed by atoms with Gasteiger partial charge >= 0.3 is 29.8 Å². The Morgan fingerprint density at radius 3 is 2.14 bits per heavy atom. The van der Waals surface area contributed by atoms with Crippen LogP contribution in [0.2, 0.25) is 0 Å². The summed E-state index contributed by atoms with van der Waals surface area (Å²) in [6.07, 6.45) is -5.34. The zero-order valence-electron chi connectivity index (χ0n) is 28.7. The first-order valence-electron chi connectivity index (χ1n) is 16.4. The van der Waals surface area contributed by atoms with Gasteiger partial charge in [-0.1, -0.05) is 70.5 Å². The Balaban J connectivity index is 2.04. The van der Waals surface area contributed by atoms with Crippen molar-refractivity contribution in [2.75, 3.05) is 0 Å². The van der Waals surface area contributed by atoms with Gasteiger partial charge in [-0.2, -0.15) is 0 Å². The average molecular weight is 693 g/mol. The standard InChI is InChI=1S/C35H48O14/c1-7-19(2)17-20(3)13-14-25(37)47-28-27(38)33(48-29(30(39)40)34(45,31(41)42)35(28,49-33)32(43)44)16-15-21(4)26(46-23(6)36)22(5)18-24-11-9-8-10-12-24/h8-12,15,19-20,22,26-29,38,45H,7,13-14,16-18H2,1-6H3,(H,39,40)(H,41,42)(H,43,44)/b21-15+/t19-,20+,22+,26+,27+,28+,29+,33-,34+,35-/m0/s1. The van der Waals surface area contributed by atoms with E-state index >= 15 is 0 Å². The fourth-order valence-corrected chi connectivity index (χ4v) is 6.78. The van der Waals surface area contributed by atoms with Crippen molar-refractivity contribution in [2.24, 2.45) is 17.8 Å². The van der Waals surface area contributed by atoms with Crippen LogP contribution in [0.25, 0.3) is 0 Å². The zero-order chi connectivity index (χ0) is 36.9. The molecular formula is C35H48O14. The molecule has 49 heavy (non-hydrogen) atoms.